The smallest absolute Gasteiger partial charge is 0.125 e. The molecule has 3 N–H and O–H groups in total. The van der Waals surface area contributed by atoms with Crippen molar-refractivity contribution in [2.24, 2.45) is 23.7 Å². The Balaban J connectivity index is 1.92. The van der Waals surface area contributed by atoms with Gasteiger partial charge >= 0.3 is 0 Å². The van der Waals surface area contributed by atoms with E-state index in [1.54, 1.807) is 13.2 Å². The van der Waals surface area contributed by atoms with Gasteiger partial charge in [-0.2, -0.15) is 0 Å². The first-order valence-corrected chi connectivity index (χ1v) is 7.07. The van der Waals surface area contributed by atoms with E-state index in [-0.39, 0.29) is 17.6 Å². The summed E-state index contributed by atoms with van der Waals surface area (Å²) in [5, 5.41) is 31.6. The van der Waals surface area contributed by atoms with E-state index in [0.29, 0.717) is 28.7 Å². The normalized spacial score (nSPS) is 40.5. The molecule has 0 radical (unpaired) electrons. The number of phenolic OH excluding ortho intramolecular Hbond substituents is 1. The van der Waals surface area contributed by atoms with Gasteiger partial charge in [0.25, 0.3) is 0 Å². The molecule has 106 valence electrons. The van der Waals surface area contributed by atoms with Gasteiger partial charge in [0, 0.05) is 23.0 Å². The number of hydrogen-bond acceptors (Lipinski definition) is 4. The average Bonchev–Trinajstić information content (AvgIpc) is 3.05. The zero-order valence-corrected chi connectivity index (χ0v) is 11.2. The molecule has 1 aromatic rings. The Morgan fingerprint density at radius 3 is 2.20 bits per heavy atom. The number of aliphatic hydroxyl groups is 2. The van der Waals surface area contributed by atoms with Gasteiger partial charge in [-0.25, -0.2) is 0 Å². The van der Waals surface area contributed by atoms with Crippen molar-refractivity contribution in [3.8, 4) is 11.5 Å². The molecule has 3 aliphatic carbocycles. The lowest BCUT2D eigenvalue weighted by Crippen LogP contribution is -2.36. The predicted octanol–water partition coefficient (Wildman–Crippen LogP) is 1.92. The van der Waals surface area contributed by atoms with Gasteiger partial charge < -0.3 is 20.1 Å². The summed E-state index contributed by atoms with van der Waals surface area (Å²) in [6.07, 6.45) is 3.85. The SMILES string of the molecule is COc1ccc(O)c2c1[C@@H](O)[C@@H]1[C@@H]([C@@H]3C=C[C@H]1C3)[C@H]2O. The Morgan fingerprint density at radius 2 is 1.60 bits per heavy atom. The van der Waals surface area contributed by atoms with Gasteiger partial charge in [-0.15, -0.1) is 0 Å². The molecule has 3 aliphatic rings. The third kappa shape index (κ3) is 1.33. The number of hydrogen-bond donors (Lipinski definition) is 3. The fourth-order valence-electron chi connectivity index (χ4n) is 4.57. The maximum atomic E-state index is 10.8. The van der Waals surface area contributed by atoms with Crippen LogP contribution >= 0.6 is 0 Å². The van der Waals surface area contributed by atoms with E-state index in [4.69, 9.17) is 4.74 Å². The maximum Gasteiger partial charge on any atom is 0.125 e. The molecule has 20 heavy (non-hydrogen) atoms. The first-order chi connectivity index (χ1) is 9.63. The minimum absolute atomic E-state index is 0.00879. The summed E-state index contributed by atoms with van der Waals surface area (Å²) < 4.78 is 5.31. The highest BCUT2D eigenvalue weighted by molar-refractivity contribution is 5.53. The zero-order chi connectivity index (χ0) is 14.0. The Morgan fingerprint density at radius 1 is 1.00 bits per heavy atom. The van der Waals surface area contributed by atoms with Gasteiger partial charge in [0.1, 0.15) is 11.5 Å². The molecule has 1 aromatic carbocycles. The molecule has 2 bridgehead atoms. The molecule has 0 unspecified atom stereocenters. The summed E-state index contributed by atoms with van der Waals surface area (Å²) in [5.41, 5.74) is 1.00. The molecule has 6 atom stereocenters. The minimum Gasteiger partial charge on any atom is -0.508 e. The van der Waals surface area contributed by atoms with Crippen molar-refractivity contribution in [1.82, 2.24) is 0 Å². The molecular weight excluding hydrogens is 256 g/mol. The van der Waals surface area contributed by atoms with Crippen molar-refractivity contribution in [3.05, 3.63) is 35.4 Å². The second-order valence-corrected chi connectivity index (χ2v) is 6.11. The highest BCUT2D eigenvalue weighted by Crippen LogP contribution is 2.62. The van der Waals surface area contributed by atoms with Crippen molar-refractivity contribution in [3.63, 3.8) is 0 Å². The Kier molecular flexibility index (Phi) is 2.44. The number of ether oxygens (including phenoxy) is 1. The van der Waals surface area contributed by atoms with Crippen LogP contribution in [0.1, 0.15) is 29.8 Å². The van der Waals surface area contributed by atoms with E-state index in [1.165, 1.54) is 6.07 Å². The second kappa shape index (κ2) is 3.99. The Labute approximate surface area is 117 Å². The van der Waals surface area contributed by atoms with Gasteiger partial charge in [-0.1, -0.05) is 12.2 Å². The maximum absolute atomic E-state index is 10.8. The van der Waals surface area contributed by atoms with Crippen LogP contribution in [0.15, 0.2) is 24.3 Å². The summed E-state index contributed by atoms with van der Waals surface area (Å²) in [6.45, 7) is 0. The van der Waals surface area contributed by atoms with E-state index in [2.05, 4.69) is 12.2 Å². The summed E-state index contributed by atoms with van der Waals surface area (Å²) in [6, 6.07) is 3.17. The van der Waals surface area contributed by atoms with E-state index in [0.717, 1.165) is 6.42 Å². The fourth-order valence-corrected chi connectivity index (χ4v) is 4.57. The lowest BCUT2D eigenvalue weighted by molar-refractivity contribution is -0.0234. The molecule has 4 heteroatoms. The lowest BCUT2D eigenvalue weighted by atomic mass is 9.67. The summed E-state index contributed by atoms with van der Waals surface area (Å²) in [7, 11) is 1.54. The molecule has 0 saturated heterocycles. The lowest BCUT2D eigenvalue weighted by Gasteiger charge is -2.41. The molecule has 4 rings (SSSR count). The average molecular weight is 274 g/mol. The molecule has 0 aromatic heterocycles. The van der Waals surface area contributed by atoms with Crippen LogP contribution in [0.4, 0.5) is 0 Å². The van der Waals surface area contributed by atoms with Gasteiger partial charge in [-0.3, -0.25) is 0 Å². The van der Waals surface area contributed by atoms with Gasteiger partial charge in [-0.05, 0) is 30.4 Å². The monoisotopic (exact) mass is 274 g/mol. The van der Waals surface area contributed by atoms with Crippen LogP contribution < -0.4 is 4.74 Å². The number of benzene rings is 1. The molecule has 0 heterocycles. The molecule has 4 nitrogen and oxygen atoms in total. The third-order valence-corrected chi connectivity index (χ3v) is 5.35. The van der Waals surface area contributed by atoms with Crippen molar-refractivity contribution in [1.29, 1.82) is 0 Å². The number of phenols is 1. The van der Waals surface area contributed by atoms with Crippen LogP contribution in [0.5, 0.6) is 11.5 Å². The first-order valence-electron chi connectivity index (χ1n) is 7.07. The molecule has 1 fully saturated rings. The molecular formula is C16H18O4. The van der Waals surface area contributed by atoms with Crippen molar-refractivity contribution < 1.29 is 20.1 Å². The van der Waals surface area contributed by atoms with Gasteiger partial charge in [0.2, 0.25) is 0 Å². The van der Waals surface area contributed by atoms with Crippen LogP contribution in [-0.4, -0.2) is 22.4 Å². The second-order valence-electron chi connectivity index (χ2n) is 6.11. The Bertz CT molecular complexity index is 594. The van der Waals surface area contributed by atoms with E-state index in [1.807, 2.05) is 0 Å². The van der Waals surface area contributed by atoms with Crippen molar-refractivity contribution in [2.75, 3.05) is 7.11 Å². The minimum atomic E-state index is -0.742. The number of rotatable bonds is 1. The number of aromatic hydroxyl groups is 1. The Hall–Kier alpha value is -1.52. The first kappa shape index (κ1) is 12.2. The van der Waals surface area contributed by atoms with Crippen LogP contribution in [-0.2, 0) is 0 Å². The summed E-state index contributed by atoms with van der Waals surface area (Å²) in [4.78, 5) is 0. The number of aliphatic hydroxyl groups excluding tert-OH is 2. The standard InChI is InChI=1S/C16H18O4/c1-20-10-5-4-9(17)13-14(10)16(19)12-8-3-2-7(6-8)11(12)15(13)18/h2-5,7-8,11-12,15-19H,6H2,1H3/t7-,8+,11-,12+,15-,16+/m1/s1. The molecule has 0 aliphatic heterocycles. The van der Waals surface area contributed by atoms with Crippen LogP contribution in [0.25, 0.3) is 0 Å². The number of methoxy groups -OCH3 is 1. The van der Waals surface area contributed by atoms with Crippen molar-refractivity contribution >= 4 is 0 Å². The van der Waals surface area contributed by atoms with Gasteiger partial charge in [0.05, 0.1) is 19.3 Å². The predicted molar refractivity (Wildman–Crippen MR) is 72.3 cm³/mol. The third-order valence-electron chi connectivity index (χ3n) is 5.35. The van der Waals surface area contributed by atoms with Crippen LogP contribution in [0.3, 0.4) is 0 Å². The van der Waals surface area contributed by atoms with E-state index in [9.17, 15) is 15.3 Å². The van der Waals surface area contributed by atoms with E-state index < -0.39 is 12.2 Å². The summed E-state index contributed by atoms with van der Waals surface area (Å²) in [5.74, 6) is 1.20. The van der Waals surface area contributed by atoms with Crippen molar-refractivity contribution in [2.45, 2.75) is 18.6 Å². The number of fused-ring (bicyclic) bond motifs is 6. The molecule has 1 saturated carbocycles. The quantitative estimate of drug-likeness (QED) is 0.684. The topological polar surface area (TPSA) is 69.9 Å². The van der Waals surface area contributed by atoms with Gasteiger partial charge in [0.15, 0.2) is 0 Å². The number of allylic oxidation sites excluding steroid dienone is 2. The van der Waals surface area contributed by atoms with E-state index >= 15 is 0 Å². The largest absolute Gasteiger partial charge is 0.508 e. The zero-order valence-electron chi connectivity index (χ0n) is 11.2. The van der Waals surface area contributed by atoms with Crippen LogP contribution in [0, 0.1) is 23.7 Å². The van der Waals surface area contributed by atoms with Crippen LogP contribution in [0.2, 0.25) is 0 Å². The fraction of sp³-hybridized carbons (Fsp3) is 0.500. The molecule has 0 amide bonds. The highest BCUT2D eigenvalue weighted by atomic mass is 16.5. The summed E-state index contributed by atoms with van der Waals surface area (Å²) >= 11 is 0. The molecule has 0 spiro atoms. The highest BCUT2D eigenvalue weighted by Gasteiger charge is 2.55.